The van der Waals surface area contributed by atoms with Crippen molar-refractivity contribution in [3.05, 3.63) is 29.3 Å². The molecule has 26 heavy (non-hydrogen) atoms. The van der Waals surface area contributed by atoms with Crippen LogP contribution in [0.5, 0.6) is 0 Å². The van der Waals surface area contributed by atoms with E-state index >= 15 is 0 Å². The van der Waals surface area contributed by atoms with Gasteiger partial charge in [0.05, 0.1) is 5.25 Å². The van der Waals surface area contributed by atoms with Gasteiger partial charge < -0.3 is 15.0 Å². The van der Waals surface area contributed by atoms with Crippen molar-refractivity contribution in [1.82, 2.24) is 20.1 Å². The van der Waals surface area contributed by atoms with Crippen molar-refractivity contribution >= 4 is 35.3 Å². The van der Waals surface area contributed by atoms with E-state index in [1.165, 1.54) is 11.8 Å². The van der Waals surface area contributed by atoms with Crippen LogP contribution in [0.15, 0.2) is 29.4 Å². The number of carbonyl (C=O) groups is 2. The van der Waals surface area contributed by atoms with Crippen LogP contribution in [-0.2, 0) is 16.1 Å². The van der Waals surface area contributed by atoms with Gasteiger partial charge in [-0.3, -0.25) is 10.1 Å². The minimum absolute atomic E-state index is 0.484. The molecule has 0 aliphatic rings. The van der Waals surface area contributed by atoms with Crippen molar-refractivity contribution < 1.29 is 14.3 Å². The van der Waals surface area contributed by atoms with E-state index in [4.69, 9.17) is 22.1 Å². The normalized spacial score (nSPS) is 12.0. The van der Waals surface area contributed by atoms with E-state index in [1.54, 1.807) is 26.2 Å². The summed E-state index contributed by atoms with van der Waals surface area (Å²) in [4.78, 5) is 22.8. The molecule has 3 amide bonds. The lowest BCUT2D eigenvalue weighted by atomic mass is 10.2. The standard InChI is InChI=1S/C16H20ClN5O3S/c1-10(14(23)19-15(18)24)26-16-21-20-13(22(16)8-3-9-25-2)11-4-6-12(17)7-5-11/h4-7,10H,3,8-9H2,1-2H3,(H3,18,19,23,24). The van der Waals surface area contributed by atoms with Crippen molar-refractivity contribution in [1.29, 1.82) is 0 Å². The number of urea groups is 1. The molecule has 0 aliphatic heterocycles. The zero-order chi connectivity index (χ0) is 19.1. The van der Waals surface area contributed by atoms with Gasteiger partial charge in [-0.25, -0.2) is 4.79 Å². The molecule has 0 aliphatic carbocycles. The predicted molar refractivity (Wildman–Crippen MR) is 100 cm³/mol. The van der Waals surface area contributed by atoms with Gasteiger partial charge in [0.25, 0.3) is 0 Å². The lowest BCUT2D eigenvalue weighted by Gasteiger charge is -2.13. The monoisotopic (exact) mass is 397 g/mol. The number of methoxy groups -OCH3 is 1. The Morgan fingerprint density at radius 3 is 2.65 bits per heavy atom. The summed E-state index contributed by atoms with van der Waals surface area (Å²) in [5.74, 6) is 0.185. The van der Waals surface area contributed by atoms with E-state index < -0.39 is 17.2 Å². The number of rotatable bonds is 8. The second-order valence-electron chi connectivity index (χ2n) is 5.42. The van der Waals surface area contributed by atoms with Crippen molar-refractivity contribution in [3.63, 3.8) is 0 Å². The Hall–Kier alpha value is -2.10. The lowest BCUT2D eigenvalue weighted by molar-refractivity contribution is -0.119. The summed E-state index contributed by atoms with van der Waals surface area (Å²) >= 11 is 7.15. The number of primary amides is 1. The number of benzene rings is 1. The molecule has 0 radical (unpaired) electrons. The molecule has 10 heteroatoms. The summed E-state index contributed by atoms with van der Waals surface area (Å²) in [6.07, 6.45) is 0.755. The largest absolute Gasteiger partial charge is 0.385 e. The first-order chi connectivity index (χ1) is 12.4. The van der Waals surface area contributed by atoms with Crippen LogP contribution in [0.4, 0.5) is 4.79 Å². The summed E-state index contributed by atoms with van der Waals surface area (Å²) in [5, 5.41) is 11.2. The molecule has 0 bridgehead atoms. The number of carbonyl (C=O) groups excluding carboxylic acids is 2. The Morgan fingerprint density at radius 1 is 1.35 bits per heavy atom. The molecular formula is C16H20ClN5O3S. The Morgan fingerprint density at radius 2 is 2.04 bits per heavy atom. The van der Waals surface area contributed by atoms with Crippen molar-refractivity contribution in [2.45, 2.75) is 30.3 Å². The molecule has 3 N–H and O–H groups in total. The van der Waals surface area contributed by atoms with Gasteiger partial charge >= 0.3 is 6.03 Å². The minimum atomic E-state index is -0.883. The molecule has 2 rings (SSSR count). The molecule has 8 nitrogen and oxygen atoms in total. The van der Waals surface area contributed by atoms with E-state index in [-0.39, 0.29) is 0 Å². The highest BCUT2D eigenvalue weighted by molar-refractivity contribution is 8.00. The fourth-order valence-corrected chi connectivity index (χ4v) is 3.19. The fourth-order valence-electron chi connectivity index (χ4n) is 2.19. The Balaban J connectivity index is 2.26. The molecule has 2 aromatic rings. The van der Waals surface area contributed by atoms with Gasteiger partial charge in [0, 0.05) is 30.8 Å². The van der Waals surface area contributed by atoms with Crippen molar-refractivity contribution in [2.24, 2.45) is 5.73 Å². The lowest BCUT2D eigenvalue weighted by Crippen LogP contribution is -2.39. The zero-order valence-electron chi connectivity index (χ0n) is 14.4. The molecule has 0 saturated carbocycles. The number of aromatic nitrogens is 3. The maximum absolute atomic E-state index is 11.9. The first-order valence-corrected chi connectivity index (χ1v) is 9.13. The van der Waals surface area contributed by atoms with Crippen LogP contribution in [0.25, 0.3) is 11.4 Å². The van der Waals surface area contributed by atoms with Crippen LogP contribution >= 0.6 is 23.4 Å². The second-order valence-corrected chi connectivity index (χ2v) is 7.17. The number of thioether (sulfide) groups is 1. The van der Waals surface area contributed by atoms with Gasteiger partial charge in [-0.05, 0) is 37.6 Å². The fraction of sp³-hybridized carbons (Fsp3) is 0.375. The molecule has 1 unspecified atom stereocenters. The van der Waals surface area contributed by atoms with E-state index in [0.29, 0.717) is 29.2 Å². The van der Waals surface area contributed by atoms with E-state index in [2.05, 4.69) is 15.5 Å². The summed E-state index contributed by atoms with van der Waals surface area (Å²) in [5.41, 5.74) is 5.85. The number of imide groups is 1. The molecule has 1 aromatic carbocycles. The molecular weight excluding hydrogens is 378 g/mol. The van der Waals surface area contributed by atoms with E-state index in [0.717, 1.165) is 12.0 Å². The summed E-state index contributed by atoms with van der Waals surface area (Å²) in [7, 11) is 1.64. The third-order valence-corrected chi connectivity index (χ3v) is 4.78. The molecule has 1 heterocycles. The number of nitrogens with two attached hydrogens (primary N) is 1. The first-order valence-electron chi connectivity index (χ1n) is 7.87. The third-order valence-electron chi connectivity index (χ3n) is 3.45. The molecule has 140 valence electrons. The number of ether oxygens (including phenoxy) is 1. The molecule has 1 atom stereocenters. The first kappa shape index (κ1) is 20.2. The van der Waals surface area contributed by atoms with Crippen LogP contribution < -0.4 is 11.1 Å². The second kappa shape index (κ2) is 9.56. The van der Waals surface area contributed by atoms with Crippen LogP contribution in [0, 0.1) is 0 Å². The zero-order valence-corrected chi connectivity index (χ0v) is 16.0. The highest BCUT2D eigenvalue weighted by Crippen LogP contribution is 2.28. The minimum Gasteiger partial charge on any atom is -0.385 e. The highest BCUT2D eigenvalue weighted by Gasteiger charge is 2.21. The SMILES string of the molecule is COCCCn1c(SC(C)C(=O)NC(N)=O)nnc1-c1ccc(Cl)cc1. The average molecular weight is 398 g/mol. The molecule has 0 saturated heterocycles. The van der Waals surface area contributed by atoms with Crippen LogP contribution in [0.2, 0.25) is 5.02 Å². The van der Waals surface area contributed by atoms with Gasteiger partial charge in [0.2, 0.25) is 5.91 Å². The predicted octanol–water partition coefficient (Wildman–Crippen LogP) is 2.31. The van der Waals surface area contributed by atoms with Gasteiger partial charge in [0.15, 0.2) is 11.0 Å². The van der Waals surface area contributed by atoms with Crippen LogP contribution in [0.3, 0.4) is 0 Å². The van der Waals surface area contributed by atoms with Gasteiger partial charge in [-0.1, -0.05) is 23.4 Å². The summed E-state index contributed by atoms with van der Waals surface area (Å²) in [6.45, 7) is 2.87. The quantitative estimate of drug-likeness (QED) is 0.522. The number of hydrogen-bond donors (Lipinski definition) is 2. The van der Waals surface area contributed by atoms with Crippen LogP contribution in [0.1, 0.15) is 13.3 Å². The smallest absolute Gasteiger partial charge is 0.318 e. The third kappa shape index (κ3) is 5.45. The maximum atomic E-state index is 11.9. The number of nitrogens with zero attached hydrogens (tertiary/aromatic N) is 3. The molecule has 1 aromatic heterocycles. The van der Waals surface area contributed by atoms with Gasteiger partial charge in [-0.15, -0.1) is 10.2 Å². The average Bonchev–Trinajstić information content (AvgIpc) is 2.98. The summed E-state index contributed by atoms with van der Waals surface area (Å²) in [6, 6.07) is 6.39. The van der Waals surface area contributed by atoms with Crippen molar-refractivity contribution in [3.8, 4) is 11.4 Å². The number of nitrogens with one attached hydrogen (secondary N) is 1. The van der Waals surface area contributed by atoms with Gasteiger partial charge in [0.1, 0.15) is 0 Å². The maximum Gasteiger partial charge on any atom is 0.318 e. The van der Waals surface area contributed by atoms with E-state index in [9.17, 15) is 9.59 Å². The summed E-state index contributed by atoms with van der Waals surface area (Å²) < 4.78 is 7.03. The Labute approximate surface area is 160 Å². The Kier molecular flexibility index (Phi) is 7.43. The van der Waals surface area contributed by atoms with Crippen molar-refractivity contribution in [2.75, 3.05) is 13.7 Å². The van der Waals surface area contributed by atoms with E-state index in [1.807, 2.05) is 16.7 Å². The van der Waals surface area contributed by atoms with Gasteiger partial charge in [-0.2, -0.15) is 0 Å². The molecule has 0 spiro atoms. The Bertz CT molecular complexity index is 766. The highest BCUT2D eigenvalue weighted by atomic mass is 35.5. The van der Waals surface area contributed by atoms with Crippen LogP contribution in [-0.4, -0.2) is 45.7 Å². The number of hydrogen-bond acceptors (Lipinski definition) is 6. The molecule has 0 fully saturated rings. The topological polar surface area (TPSA) is 112 Å². The number of halogens is 1. The number of amides is 3.